The zero-order valence-corrected chi connectivity index (χ0v) is 15.4. The van der Waals surface area contributed by atoms with Gasteiger partial charge >= 0.3 is 0 Å². The molecule has 0 bridgehead atoms. The van der Waals surface area contributed by atoms with Crippen molar-refractivity contribution in [1.29, 1.82) is 0 Å². The second kappa shape index (κ2) is 7.64. The van der Waals surface area contributed by atoms with Crippen LogP contribution in [-0.2, 0) is 6.54 Å². The highest BCUT2D eigenvalue weighted by molar-refractivity contribution is 7.99. The predicted octanol–water partition coefficient (Wildman–Crippen LogP) is 3.84. The van der Waals surface area contributed by atoms with Gasteiger partial charge in [-0.3, -0.25) is 9.69 Å². The third kappa shape index (κ3) is 3.92. The summed E-state index contributed by atoms with van der Waals surface area (Å²) in [5.41, 5.74) is 2.11. The van der Waals surface area contributed by atoms with Crippen molar-refractivity contribution >= 4 is 39.3 Å². The van der Waals surface area contributed by atoms with Gasteiger partial charge in [-0.15, -0.1) is 11.3 Å². The summed E-state index contributed by atoms with van der Waals surface area (Å²) in [6.45, 7) is 2.68. The lowest BCUT2D eigenvalue weighted by molar-refractivity contribution is 0.0939. The van der Waals surface area contributed by atoms with Gasteiger partial charge in [0.15, 0.2) is 0 Å². The molecule has 1 aromatic carbocycles. The Morgan fingerprint density at radius 3 is 3.00 bits per heavy atom. The van der Waals surface area contributed by atoms with E-state index in [2.05, 4.69) is 34.5 Å². The molecule has 1 N–H and O–H groups in total. The number of fused-ring (bicyclic) bond motifs is 1. The SMILES string of the molecule is O=C(NCC1CSCCN1Cc1ccccc1)c1cc2occc2s1. The van der Waals surface area contributed by atoms with Gasteiger partial charge in [-0.1, -0.05) is 30.3 Å². The number of carbonyl (C=O) groups excluding carboxylic acids is 1. The minimum Gasteiger partial charge on any atom is -0.463 e. The number of furan rings is 1. The molecule has 3 aromatic rings. The first-order valence-corrected chi connectivity index (χ1v) is 10.4. The normalized spacial score (nSPS) is 18.5. The zero-order valence-electron chi connectivity index (χ0n) is 13.8. The fraction of sp³-hybridized carbons (Fsp3) is 0.316. The van der Waals surface area contributed by atoms with Crippen molar-refractivity contribution in [3.05, 3.63) is 59.2 Å². The molecule has 0 spiro atoms. The van der Waals surface area contributed by atoms with E-state index >= 15 is 0 Å². The Bertz CT molecular complexity index is 815. The van der Waals surface area contributed by atoms with Crippen LogP contribution in [0.5, 0.6) is 0 Å². The fourth-order valence-electron chi connectivity index (χ4n) is 3.08. The summed E-state index contributed by atoms with van der Waals surface area (Å²) in [4.78, 5) is 15.6. The summed E-state index contributed by atoms with van der Waals surface area (Å²) in [6.07, 6.45) is 1.66. The molecule has 130 valence electrons. The molecule has 1 amide bonds. The lowest BCUT2D eigenvalue weighted by atomic mass is 10.1. The van der Waals surface area contributed by atoms with Gasteiger partial charge in [-0.2, -0.15) is 11.8 Å². The number of nitrogens with one attached hydrogen (secondary N) is 1. The van der Waals surface area contributed by atoms with Gasteiger partial charge in [0.2, 0.25) is 0 Å². The van der Waals surface area contributed by atoms with Crippen molar-refractivity contribution in [3.8, 4) is 0 Å². The van der Waals surface area contributed by atoms with Crippen molar-refractivity contribution in [3.63, 3.8) is 0 Å². The Morgan fingerprint density at radius 2 is 2.16 bits per heavy atom. The van der Waals surface area contributed by atoms with E-state index in [-0.39, 0.29) is 5.91 Å². The maximum Gasteiger partial charge on any atom is 0.261 e. The minimum atomic E-state index is -0.00775. The molecule has 1 fully saturated rings. The van der Waals surface area contributed by atoms with Gasteiger partial charge in [0.05, 0.1) is 15.8 Å². The molecule has 4 rings (SSSR count). The molecular formula is C19H20N2O2S2. The van der Waals surface area contributed by atoms with Crippen molar-refractivity contribution in [1.82, 2.24) is 10.2 Å². The van der Waals surface area contributed by atoms with Crippen LogP contribution in [0, 0.1) is 0 Å². The Labute approximate surface area is 155 Å². The van der Waals surface area contributed by atoms with Crippen LogP contribution in [0.1, 0.15) is 15.2 Å². The van der Waals surface area contributed by atoms with E-state index in [9.17, 15) is 4.79 Å². The largest absolute Gasteiger partial charge is 0.463 e. The number of nitrogens with zero attached hydrogens (tertiary/aromatic N) is 1. The minimum absolute atomic E-state index is 0.00775. The number of thioether (sulfide) groups is 1. The van der Waals surface area contributed by atoms with Gasteiger partial charge in [0.1, 0.15) is 5.58 Å². The summed E-state index contributed by atoms with van der Waals surface area (Å²) in [6, 6.07) is 14.6. The second-order valence-electron chi connectivity index (χ2n) is 6.15. The molecule has 0 saturated carbocycles. The van der Waals surface area contributed by atoms with Crippen molar-refractivity contribution < 1.29 is 9.21 Å². The summed E-state index contributed by atoms with van der Waals surface area (Å²) in [5, 5.41) is 3.11. The Balaban J connectivity index is 1.37. The maximum absolute atomic E-state index is 12.5. The monoisotopic (exact) mass is 372 g/mol. The number of hydrogen-bond donors (Lipinski definition) is 1. The number of thiophene rings is 1. The Kier molecular flexibility index (Phi) is 5.10. The Morgan fingerprint density at radius 1 is 1.28 bits per heavy atom. The molecule has 2 aromatic heterocycles. The molecule has 1 saturated heterocycles. The van der Waals surface area contributed by atoms with E-state index in [4.69, 9.17) is 4.42 Å². The summed E-state index contributed by atoms with van der Waals surface area (Å²) >= 11 is 3.44. The van der Waals surface area contributed by atoms with E-state index in [1.165, 1.54) is 16.9 Å². The van der Waals surface area contributed by atoms with Gasteiger partial charge in [-0.25, -0.2) is 0 Å². The maximum atomic E-state index is 12.5. The van der Waals surface area contributed by atoms with Crippen molar-refractivity contribution in [2.75, 3.05) is 24.6 Å². The van der Waals surface area contributed by atoms with E-state index in [1.54, 1.807) is 6.26 Å². The fourth-order valence-corrected chi connectivity index (χ4v) is 5.11. The van der Waals surface area contributed by atoms with Crippen molar-refractivity contribution in [2.45, 2.75) is 12.6 Å². The van der Waals surface area contributed by atoms with Crippen LogP contribution in [0.2, 0.25) is 0 Å². The number of benzene rings is 1. The van der Waals surface area contributed by atoms with Crippen LogP contribution in [0.4, 0.5) is 0 Å². The third-order valence-electron chi connectivity index (χ3n) is 4.44. The molecule has 6 heteroatoms. The molecule has 1 aliphatic rings. The molecule has 1 atom stereocenters. The molecule has 4 nitrogen and oxygen atoms in total. The number of rotatable bonds is 5. The summed E-state index contributed by atoms with van der Waals surface area (Å²) in [5.74, 6) is 2.20. The lowest BCUT2D eigenvalue weighted by Crippen LogP contribution is -2.48. The number of hydrogen-bond acceptors (Lipinski definition) is 5. The Hall–Kier alpha value is -1.76. The van der Waals surface area contributed by atoms with Gasteiger partial charge in [-0.05, 0) is 11.6 Å². The zero-order chi connectivity index (χ0) is 17.1. The lowest BCUT2D eigenvalue weighted by Gasteiger charge is -2.35. The molecule has 25 heavy (non-hydrogen) atoms. The number of carbonyl (C=O) groups is 1. The topological polar surface area (TPSA) is 45.5 Å². The van der Waals surface area contributed by atoms with Gasteiger partial charge < -0.3 is 9.73 Å². The van der Waals surface area contributed by atoms with Crippen LogP contribution in [0.15, 0.2) is 53.1 Å². The smallest absolute Gasteiger partial charge is 0.261 e. The molecule has 0 radical (unpaired) electrons. The van der Waals surface area contributed by atoms with E-state index < -0.39 is 0 Å². The quantitative estimate of drug-likeness (QED) is 0.739. The van der Waals surface area contributed by atoms with Crippen LogP contribution < -0.4 is 5.32 Å². The first-order valence-electron chi connectivity index (χ1n) is 8.40. The average molecular weight is 373 g/mol. The predicted molar refractivity (Wildman–Crippen MR) is 104 cm³/mol. The number of amides is 1. The second-order valence-corrected chi connectivity index (χ2v) is 8.39. The first-order chi connectivity index (χ1) is 12.3. The van der Waals surface area contributed by atoms with Crippen LogP contribution in [-0.4, -0.2) is 41.4 Å². The van der Waals surface area contributed by atoms with Gasteiger partial charge in [0.25, 0.3) is 5.91 Å². The molecule has 3 heterocycles. The summed E-state index contributed by atoms with van der Waals surface area (Å²) < 4.78 is 6.36. The van der Waals surface area contributed by atoms with Crippen LogP contribution in [0.25, 0.3) is 10.3 Å². The summed E-state index contributed by atoms with van der Waals surface area (Å²) in [7, 11) is 0. The molecular weight excluding hydrogens is 352 g/mol. The third-order valence-corrected chi connectivity index (χ3v) is 6.61. The highest BCUT2D eigenvalue weighted by Gasteiger charge is 2.24. The van der Waals surface area contributed by atoms with Crippen LogP contribution in [0.3, 0.4) is 0 Å². The highest BCUT2D eigenvalue weighted by Crippen LogP contribution is 2.26. The van der Waals surface area contributed by atoms with Crippen LogP contribution >= 0.6 is 23.1 Å². The van der Waals surface area contributed by atoms with E-state index in [1.807, 2.05) is 30.0 Å². The standard InChI is InChI=1S/C19H20N2O2S2/c22-19(18-10-16-17(25-18)6-8-23-16)20-11-15-13-24-9-7-21(15)12-14-4-2-1-3-5-14/h1-6,8,10,15H,7,9,11-13H2,(H,20,22). The van der Waals surface area contributed by atoms with E-state index in [0.29, 0.717) is 17.5 Å². The average Bonchev–Trinajstić information content (AvgIpc) is 3.24. The highest BCUT2D eigenvalue weighted by atomic mass is 32.2. The van der Waals surface area contributed by atoms with Gasteiger partial charge in [0, 0.05) is 43.2 Å². The molecule has 0 aliphatic carbocycles. The first kappa shape index (κ1) is 16.7. The van der Waals surface area contributed by atoms with E-state index in [0.717, 1.165) is 34.9 Å². The molecule has 1 unspecified atom stereocenters. The molecule has 1 aliphatic heterocycles. The van der Waals surface area contributed by atoms with Crippen molar-refractivity contribution in [2.24, 2.45) is 0 Å².